The molecule has 0 bridgehead atoms. The van der Waals surface area contributed by atoms with Crippen molar-refractivity contribution in [1.82, 2.24) is 9.88 Å². The molecule has 1 aliphatic heterocycles. The van der Waals surface area contributed by atoms with Gasteiger partial charge in [0.2, 0.25) is 0 Å². The average Bonchev–Trinajstić information content (AvgIpc) is 2.69. The van der Waals surface area contributed by atoms with Gasteiger partial charge in [-0.05, 0) is 34.5 Å². The van der Waals surface area contributed by atoms with Crippen molar-refractivity contribution in [1.29, 1.82) is 0 Å². The van der Waals surface area contributed by atoms with Crippen LogP contribution in [-0.4, -0.2) is 48.8 Å². The Morgan fingerprint density at radius 2 is 2.22 bits per heavy atom. The molecule has 98 valence electrons. The summed E-state index contributed by atoms with van der Waals surface area (Å²) in [7, 11) is -1.35. The molecule has 0 spiro atoms. The molecule has 1 aromatic rings. The minimum absolute atomic E-state index is 0.0548. The van der Waals surface area contributed by atoms with Crippen LogP contribution >= 0.6 is 15.9 Å². The lowest BCUT2D eigenvalue weighted by molar-refractivity contribution is 0.0747. The molecule has 0 N–H and O–H groups in total. The molecule has 0 radical (unpaired) electrons. The van der Waals surface area contributed by atoms with Crippen molar-refractivity contribution in [2.45, 2.75) is 12.5 Å². The molecular formula is C11H13BrN2O3S. The van der Waals surface area contributed by atoms with Gasteiger partial charge in [0.1, 0.15) is 4.60 Å². The lowest BCUT2D eigenvalue weighted by Gasteiger charge is -2.23. The van der Waals surface area contributed by atoms with Gasteiger partial charge < -0.3 is 4.90 Å². The van der Waals surface area contributed by atoms with Crippen LogP contribution in [0.4, 0.5) is 0 Å². The van der Waals surface area contributed by atoms with E-state index in [1.165, 1.54) is 11.1 Å². The van der Waals surface area contributed by atoms with Gasteiger partial charge in [0.15, 0.2) is 9.84 Å². The first kappa shape index (κ1) is 13.5. The van der Waals surface area contributed by atoms with Crippen molar-refractivity contribution in [3.8, 4) is 0 Å². The molecule has 2 heterocycles. The maximum Gasteiger partial charge on any atom is 0.255 e. The highest BCUT2D eigenvalue weighted by Gasteiger charge is 2.33. The van der Waals surface area contributed by atoms with E-state index in [4.69, 9.17) is 0 Å². The Bertz CT molecular complexity index is 556. The van der Waals surface area contributed by atoms with E-state index in [1.54, 1.807) is 19.2 Å². The second-order valence-corrected chi connectivity index (χ2v) is 7.38. The summed E-state index contributed by atoms with van der Waals surface area (Å²) < 4.78 is 23.4. The Morgan fingerprint density at radius 3 is 2.72 bits per heavy atom. The number of pyridine rings is 1. The molecule has 0 aromatic carbocycles. The van der Waals surface area contributed by atoms with E-state index in [-0.39, 0.29) is 23.5 Å². The molecule has 1 atom stereocenters. The minimum atomic E-state index is -2.98. The van der Waals surface area contributed by atoms with Crippen LogP contribution in [0.1, 0.15) is 16.8 Å². The average molecular weight is 333 g/mol. The maximum absolute atomic E-state index is 12.1. The van der Waals surface area contributed by atoms with Gasteiger partial charge in [-0.25, -0.2) is 13.4 Å². The van der Waals surface area contributed by atoms with Gasteiger partial charge in [-0.1, -0.05) is 0 Å². The number of hydrogen-bond acceptors (Lipinski definition) is 4. The summed E-state index contributed by atoms with van der Waals surface area (Å²) in [5.41, 5.74) is 0.463. The zero-order valence-corrected chi connectivity index (χ0v) is 12.2. The normalized spacial score (nSPS) is 21.8. The molecule has 2 rings (SSSR count). The first-order chi connectivity index (χ1) is 8.39. The van der Waals surface area contributed by atoms with E-state index in [2.05, 4.69) is 20.9 Å². The zero-order chi connectivity index (χ0) is 13.3. The van der Waals surface area contributed by atoms with E-state index in [0.29, 0.717) is 16.6 Å². The topological polar surface area (TPSA) is 67.3 Å². The van der Waals surface area contributed by atoms with Crippen LogP contribution in [0.3, 0.4) is 0 Å². The third-order valence-corrected chi connectivity index (χ3v) is 5.27. The third-order valence-electron chi connectivity index (χ3n) is 3.05. The van der Waals surface area contributed by atoms with Crippen molar-refractivity contribution in [2.24, 2.45) is 0 Å². The summed E-state index contributed by atoms with van der Waals surface area (Å²) >= 11 is 3.20. The van der Waals surface area contributed by atoms with Crippen molar-refractivity contribution < 1.29 is 13.2 Å². The standard InChI is InChI=1S/C11H13BrN2O3S/c1-14(9-4-5-18(16,17)7-9)11(15)8-2-3-10(12)13-6-8/h2-3,6,9H,4-5,7H2,1H3. The van der Waals surface area contributed by atoms with Gasteiger partial charge in [-0.15, -0.1) is 0 Å². The fourth-order valence-electron chi connectivity index (χ4n) is 1.95. The van der Waals surface area contributed by atoms with E-state index in [0.717, 1.165) is 0 Å². The molecule has 5 nitrogen and oxygen atoms in total. The number of nitrogens with zero attached hydrogens (tertiary/aromatic N) is 2. The summed E-state index contributed by atoms with van der Waals surface area (Å²) in [6, 6.07) is 3.12. The van der Waals surface area contributed by atoms with Crippen LogP contribution < -0.4 is 0 Å². The van der Waals surface area contributed by atoms with E-state index < -0.39 is 9.84 Å². The molecule has 1 unspecified atom stereocenters. The fraction of sp³-hybridized carbons (Fsp3) is 0.455. The summed E-state index contributed by atoms with van der Waals surface area (Å²) in [4.78, 5) is 17.6. The molecule has 0 saturated carbocycles. The fourth-order valence-corrected chi connectivity index (χ4v) is 3.96. The van der Waals surface area contributed by atoms with Gasteiger partial charge in [-0.2, -0.15) is 0 Å². The molecule has 18 heavy (non-hydrogen) atoms. The molecule has 1 saturated heterocycles. The number of rotatable bonds is 2. The monoisotopic (exact) mass is 332 g/mol. The summed E-state index contributed by atoms with van der Waals surface area (Å²) in [5, 5.41) is 0. The first-order valence-corrected chi connectivity index (χ1v) is 8.09. The predicted octanol–water partition coefficient (Wildman–Crippen LogP) is 1.10. The van der Waals surface area contributed by atoms with Crippen molar-refractivity contribution >= 4 is 31.7 Å². The summed E-state index contributed by atoms with van der Waals surface area (Å²) in [6.45, 7) is 0. The lowest BCUT2D eigenvalue weighted by atomic mass is 10.2. The zero-order valence-electron chi connectivity index (χ0n) is 9.84. The van der Waals surface area contributed by atoms with Gasteiger partial charge in [-0.3, -0.25) is 4.79 Å². The maximum atomic E-state index is 12.1. The Hall–Kier alpha value is -0.950. The van der Waals surface area contributed by atoms with Crippen LogP contribution in [0.25, 0.3) is 0 Å². The summed E-state index contributed by atoms with van der Waals surface area (Å²) in [6.07, 6.45) is 1.99. The molecule has 0 aliphatic carbocycles. The number of carbonyl (C=O) groups excluding carboxylic acids is 1. The van der Waals surface area contributed by atoms with E-state index >= 15 is 0 Å². The van der Waals surface area contributed by atoms with Gasteiger partial charge >= 0.3 is 0 Å². The largest absolute Gasteiger partial charge is 0.338 e. The number of halogens is 1. The highest BCUT2D eigenvalue weighted by atomic mass is 79.9. The minimum Gasteiger partial charge on any atom is -0.338 e. The van der Waals surface area contributed by atoms with Gasteiger partial charge in [0, 0.05) is 19.3 Å². The Labute approximate surface area is 114 Å². The molecule has 1 fully saturated rings. The molecule has 1 aliphatic rings. The molecular weight excluding hydrogens is 320 g/mol. The van der Waals surface area contributed by atoms with Gasteiger partial charge in [0.05, 0.1) is 17.1 Å². The Balaban J connectivity index is 2.12. The summed E-state index contributed by atoms with van der Waals surface area (Å²) in [5.74, 6) is 0.0182. The number of sulfone groups is 1. The number of carbonyl (C=O) groups is 1. The smallest absolute Gasteiger partial charge is 0.255 e. The van der Waals surface area contributed by atoms with Crippen molar-refractivity contribution in [2.75, 3.05) is 18.6 Å². The highest BCUT2D eigenvalue weighted by Crippen LogP contribution is 2.18. The molecule has 7 heteroatoms. The van der Waals surface area contributed by atoms with Crippen LogP contribution in [0.5, 0.6) is 0 Å². The number of amides is 1. The quantitative estimate of drug-likeness (QED) is 0.760. The van der Waals surface area contributed by atoms with Crippen LogP contribution in [-0.2, 0) is 9.84 Å². The second kappa shape index (κ2) is 4.97. The highest BCUT2D eigenvalue weighted by molar-refractivity contribution is 9.10. The third kappa shape index (κ3) is 2.89. The van der Waals surface area contributed by atoms with Crippen molar-refractivity contribution in [3.05, 3.63) is 28.5 Å². The van der Waals surface area contributed by atoms with Crippen LogP contribution in [0.15, 0.2) is 22.9 Å². The van der Waals surface area contributed by atoms with E-state index in [9.17, 15) is 13.2 Å². The van der Waals surface area contributed by atoms with Crippen LogP contribution in [0.2, 0.25) is 0 Å². The Morgan fingerprint density at radius 1 is 1.50 bits per heavy atom. The van der Waals surface area contributed by atoms with Crippen LogP contribution in [0, 0.1) is 0 Å². The molecule has 1 amide bonds. The lowest BCUT2D eigenvalue weighted by Crippen LogP contribution is -2.37. The van der Waals surface area contributed by atoms with Gasteiger partial charge in [0.25, 0.3) is 5.91 Å². The first-order valence-electron chi connectivity index (χ1n) is 5.48. The number of hydrogen-bond donors (Lipinski definition) is 0. The number of aromatic nitrogens is 1. The Kier molecular flexibility index (Phi) is 3.72. The SMILES string of the molecule is CN(C(=O)c1ccc(Br)nc1)C1CCS(=O)(=O)C1. The molecule has 1 aromatic heterocycles. The van der Waals surface area contributed by atoms with Crippen molar-refractivity contribution in [3.63, 3.8) is 0 Å². The van der Waals surface area contributed by atoms with E-state index in [1.807, 2.05) is 0 Å². The second-order valence-electron chi connectivity index (χ2n) is 4.34. The predicted molar refractivity (Wildman–Crippen MR) is 71.1 cm³/mol.